The molecular formula is C7H7FIN. The predicted molar refractivity (Wildman–Crippen MR) is 48.3 cm³/mol. The van der Waals surface area contributed by atoms with Gasteiger partial charge in [0.15, 0.2) is 5.82 Å². The topological polar surface area (TPSA) is 26.0 Å². The molecule has 0 aliphatic heterocycles. The van der Waals surface area contributed by atoms with Crippen LogP contribution in [-0.2, 0) is 0 Å². The van der Waals surface area contributed by atoms with Crippen LogP contribution in [0.25, 0.3) is 0 Å². The van der Waals surface area contributed by atoms with E-state index in [9.17, 15) is 4.39 Å². The second-order valence-corrected chi connectivity index (χ2v) is 3.18. The second-order valence-electron chi connectivity index (χ2n) is 2.10. The molecule has 0 radical (unpaired) electrons. The molecule has 0 saturated carbocycles. The zero-order chi connectivity index (χ0) is 7.72. The van der Waals surface area contributed by atoms with Gasteiger partial charge in [0.25, 0.3) is 0 Å². The molecule has 2 N–H and O–H groups in total. The van der Waals surface area contributed by atoms with Crippen molar-refractivity contribution in [1.29, 1.82) is 0 Å². The van der Waals surface area contributed by atoms with E-state index < -0.39 is 0 Å². The Balaban J connectivity index is 3.34. The van der Waals surface area contributed by atoms with E-state index in [-0.39, 0.29) is 11.5 Å². The molecule has 54 valence electrons. The maximum atomic E-state index is 12.9. The number of aryl methyl sites for hydroxylation is 1. The van der Waals surface area contributed by atoms with Gasteiger partial charge < -0.3 is 5.73 Å². The Labute approximate surface area is 72.6 Å². The molecule has 0 aliphatic carbocycles. The molecule has 10 heavy (non-hydrogen) atoms. The van der Waals surface area contributed by atoms with Crippen molar-refractivity contribution in [2.24, 2.45) is 0 Å². The lowest BCUT2D eigenvalue weighted by Gasteiger charge is -2.00. The van der Waals surface area contributed by atoms with E-state index in [0.717, 1.165) is 5.56 Å². The van der Waals surface area contributed by atoms with Gasteiger partial charge in [-0.05, 0) is 41.1 Å². The molecule has 0 spiro atoms. The molecule has 3 heteroatoms. The fourth-order valence-corrected chi connectivity index (χ4v) is 1.15. The average molecular weight is 251 g/mol. The van der Waals surface area contributed by atoms with Crippen molar-refractivity contribution in [1.82, 2.24) is 0 Å². The van der Waals surface area contributed by atoms with Crippen LogP contribution in [0.15, 0.2) is 12.1 Å². The number of halogens is 2. The fourth-order valence-electron chi connectivity index (χ4n) is 0.661. The quantitative estimate of drug-likeness (QED) is 0.555. The van der Waals surface area contributed by atoms with E-state index in [0.29, 0.717) is 3.57 Å². The van der Waals surface area contributed by atoms with Gasteiger partial charge in [-0.3, -0.25) is 0 Å². The highest BCUT2D eigenvalue weighted by molar-refractivity contribution is 14.1. The molecule has 0 aliphatic rings. The molecule has 0 atom stereocenters. The molecule has 0 bridgehead atoms. The Morgan fingerprint density at radius 1 is 1.50 bits per heavy atom. The summed E-state index contributed by atoms with van der Waals surface area (Å²) in [5, 5.41) is 0. The standard InChI is InChI=1S/C7H7FIN/c1-4-2-3-5(10)6(8)7(4)9/h2-3H,10H2,1H3. The minimum absolute atomic E-state index is 0.218. The molecule has 0 unspecified atom stereocenters. The summed E-state index contributed by atoms with van der Waals surface area (Å²) in [7, 11) is 0. The van der Waals surface area contributed by atoms with E-state index in [2.05, 4.69) is 0 Å². The summed E-state index contributed by atoms with van der Waals surface area (Å²) in [6, 6.07) is 3.38. The van der Waals surface area contributed by atoms with Crippen molar-refractivity contribution in [3.05, 3.63) is 27.1 Å². The summed E-state index contributed by atoms with van der Waals surface area (Å²) in [5.41, 5.74) is 6.45. The maximum Gasteiger partial charge on any atom is 0.159 e. The molecule has 0 amide bonds. The van der Waals surface area contributed by atoms with Crippen LogP contribution >= 0.6 is 22.6 Å². The smallest absolute Gasteiger partial charge is 0.159 e. The second kappa shape index (κ2) is 2.74. The first-order valence-corrected chi connectivity index (χ1v) is 3.91. The molecule has 1 rings (SSSR count). The Morgan fingerprint density at radius 3 is 2.60 bits per heavy atom. The van der Waals surface area contributed by atoms with Gasteiger partial charge in [-0.15, -0.1) is 0 Å². The highest BCUT2D eigenvalue weighted by Crippen LogP contribution is 2.20. The Kier molecular flexibility index (Phi) is 2.13. The number of nitrogen functional groups attached to an aromatic ring is 1. The van der Waals surface area contributed by atoms with Crippen molar-refractivity contribution in [3.8, 4) is 0 Å². The Hall–Kier alpha value is -0.320. The molecule has 0 fully saturated rings. The molecule has 0 saturated heterocycles. The fraction of sp³-hybridized carbons (Fsp3) is 0.143. The monoisotopic (exact) mass is 251 g/mol. The third-order valence-corrected chi connectivity index (χ3v) is 2.63. The summed E-state index contributed by atoms with van der Waals surface area (Å²) in [6.45, 7) is 1.85. The number of rotatable bonds is 0. The number of benzene rings is 1. The molecule has 1 nitrogen and oxygen atoms in total. The number of nitrogens with two attached hydrogens (primary N) is 1. The minimum Gasteiger partial charge on any atom is -0.396 e. The first kappa shape index (κ1) is 7.78. The molecule has 1 aromatic carbocycles. The third-order valence-electron chi connectivity index (χ3n) is 1.31. The van der Waals surface area contributed by atoms with Crippen molar-refractivity contribution >= 4 is 28.3 Å². The Bertz CT molecular complexity index is 233. The highest BCUT2D eigenvalue weighted by Gasteiger charge is 2.04. The van der Waals surface area contributed by atoms with Gasteiger partial charge in [0.1, 0.15) is 0 Å². The van der Waals surface area contributed by atoms with Crippen LogP contribution in [0, 0.1) is 16.3 Å². The van der Waals surface area contributed by atoms with Crippen LogP contribution in [0.1, 0.15) is 5.56 Å². The van der Waals surface area contributed by atoms with Crippen LogP contribution in [0.2, 0.25) is 0 Å². The maximum absolute atomic E-state index is 12.9. The summed E-state index contributed by atoms with van der Waals surface area (Å²) < 4.78 is 13.5. The van der Waals surface area contributed by atoms with Gasteiger partial charge >= 0.3 is 0 Å². The van der Waals surface area contributed by atoms with Crippen LogP contribution in [0.3, 0.4) is 0 Å². The number of hydrogen-bond acceptors (Lipinski definition) is 1. The van der Waals surface area contributed by atoms with E-state index in [1.165, 1.54) is 0 Å². The van der Waals surface area contributed by atoms with Crippen LogP contribution in [-0.4, -0.2) is 0 Å². The van der Waals surface area contributed by atoms with Crippen LogP contribution < -0.4 is 5.73 Å². The lowest BCUT2D eigenvalue weighted by Crippen LogP contribution is -1.94. The van der Waals surface area contributed by atoms with Crippen molar-refractivity contribution < 1.29 is 4.39 Å². The van der Waals surface area contributed by atoms with Gasteiger partial charge in [-0.2, -0.15) is 0 Å². The first-order valence-electron chi connectivity index (χ1n) is 2.83. The summed E-state index contributed by atoms with van der Waals surface area (Å²) in [5.74, 6) is -0.305. The Morgan fingerprint density at radius 2 is 2.10 bits per heavy atom. The molecule has 0 aromatic heterocycles. The van der Waals surface area contributed by atoms with Gasteiger partial charge in [0.2, 0.25) is 0 Å². The van der Waals surface area contributed by atoms with Crippen LogP contribution in [0.5, 0.6) is 0 Å². The van der Waals surface area contributed by atoms with E-state index in [4.69, 9.17) is 5.73 Å². The van der Waals surface area contributed by atoms with Gasteiger partial charge in [-0.25, -0.2) is 4.39 Å². The molecule has 1 aromatic rings. The van der Waals surface area contributed by atoms with E-state index in [1.54, 1.807) is 12.1 Å². The number of hydrogen-bond donors (Lipinski definition) is 1. The average Bonchev–Trinajstić information content (AvgIpc) is 1.93. The largest absolute Gasteiger partial charge is 0.396 e. The summed E-state index contributed by atoms with van der Waals surface area (Å²) in [6.07, 6.45) is 0. The zero-order valence-electron chi connectivity index (χ0n) is 5.49. The van der Waals surface area contributed by atoms with E-state index >= 15 is 0 Å². The van der Waals surface area contributed by atoms with Crippen molar-refractivity contribution in [2.75, 3.05) is 5.73 Å². The van der Waals surface area contributed by atoms with Crippen molar-refractivity contribution in [3.63, 3.8) is 0 Å². The zero-order valence-corrected chi connectivity index (χ0v) is 7.65. The van der Waals surface area contributed by atoms with Gasteiger partial charge in [0.05, 0.1) is 9.26 Å². The summed E-state index contributed by atoms with van der Waals surface area (Å²) in [4.78, 5) is 0. The number of anilines is 1. The highest BCUT2D eigenvalue weighted by atomic mass is 127. The minimum atomic E-state index is -0.305. The normalized spacial score (nSPS) is 9.90. The van der Waals surface area contributed by atoms with E-state index in [1.807, 2.05) is 29.5 Å². The van der Waals surface area contributed by atoms with Crippen molar-refractivity contribution in [2.45, 2.75) is 6.92 Å². The SMILES string of the molecule is Cc1ccc(N)c(F)c1I. The van der Waals surface area contributed by atoms with Crippen LogP contribution in [0.4, 0.5) is 10.1 Å². The predicted octanol–water partition coefficient (Wildman–Crippen LogP) is 2.32. The van der Waals surface area contributed by atoms with Gasteiger partial charge in [-0.1, -0.05) is 6.07 Å². The third kappa shape index (κ3) is 1.23. The summed E-state index contributed by atoms with van der Waals surface area (Å²) >= 11 is 1.94. The molecular weight excluding hydrogens is 244 g/mol. The molecule has 0 heterocycles. The van der Waals surface area contributed by atoms with Gasteiger partial charge in [0, 0.05) is 0 Å². The lowest BCUT2D eigenvalue weighted by atomic mass is 10.2. The lowest BCUT2D eigenvalue weighted by molar-refractivity contribution is 0.623. The first-order chi connectivity index (χ1) is 4.63.